The van der Waals surface area contributed by atoms with Gasteiger partial charge in [-0.15, -0.1) is 0 Å². The average Bonchev–Trinajstić information content (AvgIpc) is 2.74. The Hall–Kier alpha value is -2.12. The fourth-order valence-corrected chi connectivity index (χ4v) is 3.87. The number of hydrogen-bond donors (Lipinski definition) is 3. The molecule has 1 unspecified atom stereocenters. The highest BCUT2D eigenvalue weighted by molar-refractivity contribution is 6.30. The number of amides is 1. The van der Waals surface area contributed by atoms with E-state index in [-0.39, 0.29) is 12.5 Å². The van der Waals surface area contributed by atoms with Gasteiger partial charge in [0.25, 0.3) is 0 Å². The molecule has 0 radical (unpaired) electrons. The summed E-state index contributed by atoms with van der Waals surface area (Å²) in [5.74, 6) is 0.412. The van der Waals surface area contributed by atoms with E-state index in [1.807, 2.05) is 37.3 Å². The summed E-state index contributed by atoms with van der Waals surface area (Å²) in [5.41, 5.74) is 2.93. The van der Waals surface area contributed by atoms with Crippen LogP contribution >= 0.6 is 11.6 Å². The SMILES string of the molecule is CC(=O)Nc1cc(C)ccc1OCC(O)CNC1CCN(Cc2ccc(Cl)cc2)CC1. The maximum Gasteiger partial charge on any atom is 0.221 e. The van der Waals surface area contributed by atoms with Crippen molar-refractivity contribution in [3.05, 3.63) is 58.6 Å². The van der Waals surface area contributed by atoms with Crippen LogP contribution in [0.3, 0.4) is 0 Å². The highest BCUT2D eigenvalue weighted by Gasteiger charge is 2.20. The second-order valence-corrected chi connectivity index (χ2v) is 8.67. The summed E-state index contributed by atoms with van der Waals surface area (Å²) in [5, 5.41) is 17.3. The molecule has 3 rings (SSSR count). The molecule has 1 heterocycles. The standard InChI is InChI=1S/C24H32ClN3O3/c1-17-3-8-24(23(13-17)27-18(2)29)31-16-22(30)14-26-21-9-11-28(12-10-21)15-19-4-6-20(25)7-5-19/h3-8,13,21-22,26,30H,9-12,14-16H2,1-2H3,(H,27,29). The van der Waals surface area contributed by atoms with Crippen LogP contribution in [0.4, 0.5) is 5.69 Å². The number of halogens is 1. The molecule has 2 aromatic carbocycles. The lowest BCUT2D eigenvalue weighted by Crippen LogP contribution is -2.45. The third kappa shape index (κ3) is 7.82. The van der Waals surface area contributed by atoms with Crippen molar-refractivity contribution in [1.82, 2.24) is 10.2 Å². The monoisotopic (exact) mass is 445 g/mol. The van der Waals surface area contributed by atoms with Crippen molar-refractivity contribution in [1.29, 1.82) is 0 Å². The summed E-state index contributed by atoms with van der Waals surface area (Å²) < 4.78 is 5.76. The van der Waals surface area contributed by atoms with Crippen LogP contribution in [0.5, 0.6) is 5.75 Å². The Morgan fingerprint density at radius 1 is 1.23 bits per heavy atom. The molecule has 3 N–H and O–H groups in total. The van der Waals surface area contributed by atoms with Crippen LogP contribution in [0, 0.1) is 6.92 Å². The van der Waals surface area contributed by atoms with Crippen molar-refractivity contribution in [2.75, 3.05) is 31.6 Å². The van der Waals surface area contributed by atoms with Crippen LogP contribution < -0.4 is 15.4 Å². The Labute approximate surface area is 189 Å². The van der Waals surface area contributed by atoms with Gasteiger partial charge in [-0.25, -0.2) is 0 Å². The number of nitrogens with zero attached hydrogens (tertiary/aromatic N) is 1. The number of nitrogens with one attached hydrogen (secondary N) is 2. The third-order valence-electron chi connectivity index (χ3n) is 5.43. The number of carbonyl (C=O) groups excluding carboxylic acids is 1. The van der Waals surface area contributed by atoms with Gasteiger partial charge in [0.05, 0.1) is 5.69 Å². The molecule has 31 heavy (non-hydrogen) atoms. The summed E-state index contributed by atoms with van der Waals surface area (Å²) in [6, 6.07) is 14.0. The van der Waals surface area contributed by atoms with Gasteiger partial charge in [-0.1, -0.05) is 29.8 Å². The second-order valence-electron chi connectivity index (χ2n) is 8.23. The Kier molecular flexibility index (Phi) is 8.72. The van der Waals surface area contributed by atoms with E-state index in [0.29, 0.717) is 24.0 Å². The number of rotatable bonds is 9. The number of benzene rings is 2. The molecule has 1 saturated heterocycles. The minimum atomic E-state index is -0.626. The van der Waals surface area contributed by atoms with E-state index in [2.05, 4.69) is 27.7 Å². The molecule has 168 valence electrons. The predicted octanol–water partition coefficient (Wildman–Crippen LogP) is 3.60. The minimum Gasteiger partial charge on any atom is -0.489 e. The average molecular weight is 446 g/mol. The Morgan fingerprint density at radius 2 is 1.94 bits per heavy atom. The van der Waals surface area contributed by atoms with E-state index in [9.17, 15) is 9.90 Å². The van der Waals surface area contributed by atoms with Crippen LogP contribution in [0.2, 0.25) is 5.02 Å². The third-order valence-corrected chi connectivity index (χ3v) is 5.68. The minimum absolute atomic E-state index is 0.153. The first-order valence-electron chi connectivity index (χ1n) is 10.8. The van der Waals surface area contributed by atoms with Crippen LogP contribution in [-0.4, -0.2) is 54.3 Å². The number of piperidine rings is 1. The van der Waals surface area contributed by atoms with Gasteiger partial charge in [0.2, 0.25) is 5.91 Å². The molecular weight excluding hydrogens is 414 g/mol. The number of carbonyl (C=O) groups is 1. The first kappa shape index (κ1) is 23.5. The van der Waals surface area contributed by atoms with E-state index < -0.39 is 6.10 Å². The highest BCUT2D eigenvalue weighted by Crippen LogP contribution is 2.26. The van der Waals surface area contributed by atoms with Gasteiger partial charge in [-0.2, -0.15) is 0 Å². The number of ether oxygens (including phenoxy) is 1. The molecule has 7 heteroatoms. The number of likely N-dealkylation sites (tertiary alicyclic amines) is 1. The van der Waals surface area contributed by atoms with Gasteiger partial charge < -0.3 is 20.5 Å². The molecule has 0 bridgehead atoms. The van der Waals surface area contributed by atoms with Crippen molar-refractivity contribution < 1.29 is 14.6 Å². The lowest BCUT2D eigenvalue weighted by Gasteiger charge is -2.33. The largest absolute Gasteiger partial charge is 0.489 e. The molecular formula is C24H32ClN3O3. The van der Waals surface area contributed by atoms with Gasteiger partial charge >= 0.3 is 0 Å². The quantitative estimate of drug-likeness (QED) is 0.550. The second kappa shape index (κ2) is 11.5. The number of aryl methyl sites for hydroxylation is 1. The Morgan fingerprint density at radius 3 is 2.61 bits per heavy atom. The molecule has 1 aliphatic rings. The lowest BCUT2D eigenvalue weighted by atomic mass is 10.0. The van der Waals surface area contributed by atoms with E-state index in [1.54, 1.807) is 0 Å². The van der Waals surface area contributed by atoms with Crippen LogP contribution in [0.1, 0.15) is 30.9 Å². The lowest BCUT2D eigenvalue weighted by molar-refractivity contribution is -0.114. The first-order valence-corrected chi connectivity index (χ1v) is 11.2. The molecule has 0 aliphatic carbocycles. The summed E-state index contributed by atoms with van der Waals surface area (Å²) in [7, 11) is 0. The zero-order chi connectivity index (χ0) is 22.2. The molecule has 1 atom stereocenters. The van der Waals surface area contributed by atoms with Gasteiger partial charge in [-0.05, 0) is 68.2 Å². The maximum absolute atomic E-state index is 11.4. The van der Waals surface area contributed by atoms with Crippen molar-refractivity contribution >= 4 is 23.2 Å². The van der Waals surface area contributed by atoms with E-state index in [4.69, 9.17) is 16.3 Å². The van der Waals surface area contributed by atoms with Crippen molar-refractivity contribution in [2.24, 2.45) is 0 Å². The van der Waals surface area contributed by atoms with Crippen molar-refractivity contribution in [3.8, 4) is 5.75 Å². The van der Waals surface area contributed by atoms with E-state index in [0.717, 1.165) is 43.1 Å². The summed E-state index contributed by atoms with van der Waals surface area (Å²) in [4.78, 5) is 13.8. The van der Waals surface area contributed by atoms with Crippen LogP contribution in [-0.2, 0) is 11.3 Å². The van der Waals surface area contributed by atoms with Crippen molar-refractivity contribution in [3.63, 3.8) is 0 Å². The molecule has 1 aliphatic heterocycles. The number of aliphatic hydroxyl groups is 1. The summed E-state index contributed by atoms with van der Waals surface area (Å²) in [6.07, 6.45) is 1.47. The van der Waals surface area contributed by atoms with E-state index >= 15 is 0 Å². The molecule has 2 aromatic rings. The van der Waals surface area contributed by atoms with Gasteiger partial charge in [0, 0.05) is 31.1 Å². The van der Waals surface area contributed by atoms with Gasteiger partial charge in [0.15, 0.2) is 0 Å². The Balaban J connectivity index is 1.37. The fraction of sp³-hybridized carbons (Fsp3) is 0.458. The first-order chi connectivity index (χ1) is 14.9. The zero-order valence-corrected chi connectivity index (χ0v) is 19.0. The smallest absolute Gasteiger partial charge is 0.221 e. The normalized spacial score (nSPS) is 16.1. The molecule has 0 saturated carbocycles. The molecule has 1 fully saturated rings. The molecule has 1 amide bonds. The summed E-state index contributed by atoms with van der Waals surface area (Å²) in [6.45, 7) is 7.04. The van der Waals surface area contributed by atoms with E-state index in [1.165, 1.54) is 12.5 Å². The highest BCUT2D eigenvalue weighted by atomic mass is 35.5. The predicted molar refractivity (Wildman–Crippen MR) is 125 cm³/mol. The topological polar surface area (TPSA) is 73.8 Å². The molecule has 0 aromatic heterocycles. The molecule has 0 spiro atoms. The van der Waals surface area contributed by atoms with Gasteiger partial charge in [0.1, 0.15) is 18.5 Å². The maximum atomic E-state index is 11.4. The zero-order valence-electron chi connectivity index (χ0n) is 18.2. The van der Waals surface area contributed by atoms with Crippen LogP contribution in [0.15, 0.2) is 42.5 Å². The Bertz CT molecular complexity index is 852. The number of anilines is 1. The number of hydrogen-bond acceptors (Lipinski definition) is 5. The van der Waals surface area contributed by atoms with Crippen LogP contribution in [0.25, 0.3) is 0 Å². The number of aliphatic hydroxyl groups excluding tert-OH is 1. The summed E-state index contributed by atoms with van der Waals surface area (Å²) >= 11 is 5.96. The fourth-order valence-electron chi connectivity index (χ4n) is 3.75. The molecule has 6 nitrogen and oxygen atoms in total. The van der Waals surface area contributed by atoms with Crippen molar-refractivity contribution in [2.45, 2.75) is 45.4 Å². The van der Waals surface area contributed by atoms with Gasteiger partial charge in [-0.3, -0.25) is 9.69 Å².